The molecule has 0 spiro atoms. The molecule has 1 radical (unpaired) electrons. The Bertz CT molecular complexity index is 67.3. The first-order valence-electron chi connectivity index (χ1n) is 2.25. The molecule has 0 bridgehead atoms. The lowest BCUT2D eigenvalue weighted by Crippen LogP contribution is -2.18. The van der Waals surface area contributed by atoms with Gasteiger partial charge < -0.3 is 5.32 Å². The van der Waals surface area contributed by atoms with Crippen LogP contribution in [-0.2, 0) is 0 Å². The largest absolute Gasteiger partial charge is 0.358 e. The smallest absolute Gasteiger partial charge is 0.210 e. The van der Waals surface area contributed by atoms with Gasteiger partial charge in [0.05, 0.1) is 0 Å². The van der Waals surface area contributed by atoms with Crippen molar-refractivity contribution in [2.45, 2.75) is 6.92 Å². The summed E-state index contributed by atoms with van der Waals surface area (Å²) in [5.41, 5.74) is 6.86. The first-order valence-corrected chi connectivity index (χ1v) is 2.25. The summed E-state index contributed by atoms with van der Waals surface area (Å²) in [6.07, 6.45) is 0. The molecule has 0 heterocycles. The van der Waals surface area contributed by atoms with Crippen LogP contribution in [0.3, 0.4) is 0 Å². The van der Waals surface area contributed by atoms with Gasteiger partial charge in [0.2, 0.25) is 5.96 Å². The van der Waals surface area contributed by atoms with Crippen molar-refractivity contribution in [3.63, 3.8) is 0 Å². The minimum atomic E-state index is 0.252. The zero-order valence-electron chi connectivity index (χ0n) is 4.65. The second-order valence-electron chi connectivity index (χ2n) is 1.07. The predicted molar refractivity (Wildman–Crippen MR) is 30.1 cm³/mol. The van der Waals surface area contributed by atoms with Gasteiger partial charge in [0, 0.05) is 13.6 Å². The third-order valence-electron chi connectivity index (χ3n) is 0.553. The molecule has 0 saturated heterocycles. The minimum Gasteiger partial charge on any atom is -0.358 e. The van der Waals surface area contributed by atoms with E-state index in [1.54, 1.807) is 7.05 Å². The maximum atomic E-state index is 6.86. The highest BCUT2D eigenvalue weighted by molar-refractivity contribution is 5.76. The molecule has 0 aromatic carbocycles. The Kier molecular flexibility index (Phi) is 3.10. The summed E-state index contributed by atoms with van der Waals surface area (Å²) in [6.45, 7) is 2.57. The van der Waals surface area contributed by atoms with Crippen molar-refractivity contribution in [1.29, 1.82) is 0 Å². The molecule has 7 heavy (non-hydrogen) atoms. The lowest BCUT2D eigenvalue weighted by atomic mass is 10.8. The van der Waals surface area contributed by atoms with Crippen LogP contribution in [0.25, 0.3) is 0 Å². The van der Waals surface area contributed by atoms with Crippen LogP contribution < -0.4 is 11.1 Å². The summed E-state index contributed by atoms with van der Waals surface area (Å²) in [5.74, 6) is 0.252. The number of guanidine groups is 1. The Morgan fingerprint density at radius 1 is 1.86 bits per heavy atom. The standard InChI is InChI=1S/C4H10N3/c1-3-7-4(5)6-2/h5H,3H2,1-2H3,(H,6,7). The normalized spacial score (nSPS) is 11.4. The number of hydrogen-bond donors (Lipinski definition) is 1. The molecule has 0 unspecified atom stereocenters. The van der Waals surface area contributed by atoms with Gasteiger partial charge in [-0.05, 0) is 6.92 Å². The van der Waals surface area contributed by atoms with Crippen molar-refractivity contribution in [1.82, 2.24) is 11.1 Å². The van der Waals surface area contributed by atoms with E-state index in [1.807, 2.05) is 6.92 Å². The van der Waals surface area contributed by atoms with Gasteiger partial charge in [-0.25, -0.2) is 0 Å². The summed E-state index contributed by atoms with van der Waals surface area (Å²) >= 11 is 0. The number of rotatable bonds is 1. The average molecular weight is 100 g/mol. The highest BCUT2D eigenvalue weighted by atomic mass is 15.1. The van der Waals surface area contributed by atoms with Gasteiger partial charge in [-0.2, -0.15) is 0 Å². The summed E-state index contributed by atoms with van der Waals surface area (Å²) < 4.78 is 0. The number of hydrogen-bond acceptors (Lipinski definition) is 1. The van der Waals surface area contributed by atoms with Crippen LogP contribution >= 0.6 is 0 Å². The van der Waals surface area contributed by atoms with Gasteiger partial charge >= 0.3 is 0 Å². The van der Waals surface area contributed by atoms with Crippen molar-refractivity contribution in [3.8, 4) is 0 Å². The van der Waals surface area contributed by atoms with Crippen LogP contribution in [0.5, 0.6) is 0 Å². The minimum absolute atomic E-state index is 0.252. The molecule has 0 aliphatic rings. The highest BCUT2D eigenvalue weighted by Crippen LogP contribution is 1.63. The van der Waals surface area contributed by atoms with E-state index in [4.69, 9.17) is 5.73 Å². The third kappa shape index (κ3) is 3.09. The maximum Gasteiger partial charge on any atom is 0.210 e. The summed E-state index contributed by atoms with van der Waals surface area (Å²) in [4.78, 5) is 3.72. The van der Waals surface area contributed by atoms with Crippen molar-refractivity contribution in [2.24, 2.45) is 4.99 Å². The van der Waals surface area contributed by atoms with Crippen LogP contribution in [0.1, 0.15) is 6.92 Å². The average Bonchev–Trinajstić information content (AvgIpc) is 1.68. The van der Waals surface area contributed by atoms with Gasteiger partial charge in [-0.15, -0.1) is 0 Å². The van der Waals surface area contributed by atoms with E-state index in [1.165, 1.54) is 0 Å². The van der Waals surface area contributed by atoms with Crippen LogP contribution in [-0.4, -0.2) is 19.6 Å². The molecule has 0 saturated carbocycles. The fourth-order valence-electron chi connectivity index (χ4n) is 0.237. The van der Waals surface area contributed by atoms with Crippen molar-refractivity contribution < 1.29 is 0 Å². The third-order valence-corrected chi connectivity index (χ3v) is 0.553. The Morgan fingerprint density at radius 3 is 2.57 bits per heavy atom. The van der Waals surface area contributed by atoms with Crippen molar-refractivity contribution in [2.75, 3.05) is 13.6 Å². The fourth-order valence-corrected chi connectivity index (χ4v) is 0.237. The molecule has 0 fully saturated rings. The van der Waals surface area contributed by atoms with Crippen LogP contribution in [0.4, 0.5) is 0 Å². The lowest BCUT2D eigenvalue weighted by molar-refractivity contribution is 1.04. The van der Waals surface area contributed by atoms with E-state index in [0.29, 0.717) is 6.54 Å². The predicted octanol–water partition coefficient (Wildman–Crippen LogP) is -0.135. The zero-order valence-corrected chi connectivity index (χ0v) is 4.65. The van der Waals surface area contributed by atoms with Gasteiger partial charge in [0.1, 0.15) is 0 Å². The van der Waals surface area contributed by atoms with E-state index >= 15 is 0 Å². The Morgan fingerprint density at radius 2 is 2.43 bits per heavy atom. The molecule has 0 aliphatic heterocycles. The number of nitrogens with one attached hydrogen (secondary N) is 2. The molecule has 3 nitrogen and oxygen atoms in total. The molecular weight excluding hydrogens is 90.1 g/mol. The molecule has 0 amide bonds. The zero-order chi connectivity index (χ0) is 5.70. The van der Waals surface area contributed by atoms with Crippen LogP contribution in [0.15, 0.2) is 4.99 Å². The maximum absolute atomic E-state index is 6.86. The summed E-state index contributed by atoms with van der Waals surface area (Å²) in [7, 11) is 1.68. The quantitative estimate of drug-likeness (QED) is 0.362. The monoisotopic (exact) mass is 100 g/mol. The first-order chi connectivity index (χ1) is 3.31. The number of aliphatic imine (C=N–C) groups is 1. The van der Waals surface area contributed by atoms with Crippen LogP contribution in [0, 0.1) is 0 Å². The van der Waals surface area contributed by atoms with E-state index in [-0.39, 0.29) is 5.96 Å². The Labute approximate surface area is 43.6 Å². The van der Waals surface area contributed by atoms with Gasteiger partial charge in [-0.3, -0.25) is 10.7 Å². The molecule has 41 valence electrons. The van der Waals surface area contributed by atoms with Gasteiger partial charge in [0.25, 0.3) is 0 Å². The molecule has 0 aliphatic carbocycles. The molecular formula is C4H10N3. The first kappa shape index (κ1) is 6.27. The van der Waals surface area contributed by atoms with E-state index in [2.05, 4.69) is 10.3 Å². The number of nitrogens with zero attached hydrogens (tertiary/aromatic N) is 1. The topological polar surface area (TPSA) is 48.2 Å². The highest BCUT2D eigenvalue weighted by Gasteiger charge is 1.77. The Hall–Kier alpha value is -0.730. The van der Waals surface area contributed by atoms with Crippen molar-refractivity contribution >= 4 is 5.96 Å². The second kappa shape index (κ2) is 3.46. The summed E-state index contributed by atoms with van der Waals surface area (Å²) in [5, 5.41) is 2.58. The van der Waals surface area contributed by atoms with Crippen molar-refractivity contribution in [3.05, 3.63) is 0 Å². The molecule has 0 aromatic rings. The molecule has 2 N–H and O–H groups in total. The lowest BCUT2D eigenvalue weighted by Gasteiger charge is -1.91. The molecule has 0 aromatic heterocycles. The molecule has 3 heteroatoms. The van der Waals surface area contributed by atoms with Crippen LogP contribution in [0.2, 0.25) is 0 Å². The van der Waals surface area contributed by atoms with Gasteiger partial charge in [-0.1, -0.05) is 0 Å². The molecule has 0 rings (SSSR count). The van der Waals surface area contributed by atoms with Gasteiger partial charge in [0.15, 0.2) is 0 Å². The summed E-state index contributed by atoms with van der Waals surface area (Å²) in [6, 6.07) is 0. The second-order valence-corrected chi connectivity index (χ2v) is 1.07. The van der Waals surface area contributed by atoms with E-state index in [0.717, 1.165) is 0 Å². The van der Waals surface area contributed by atoms with E-state index < -0.39 is 0 Å². The molecule has 0 atom stereocenters. The SMILES string of the molecule is CC/N=C(\[NH])NC. The van der Waals surface area contributed by atoms with E-state index in [9.17, 15) is 0 Å². The Balaban J connectivity index is 3.29. The fraction of sp³-hybridized carbons (Fsp3) is 0.750.